The number of hydrogen-bond donors (Lipinski definition) is 0. The van der Waals surface area contributed by atoms with Crippen LogP contribution < -0.4 is 19.8 Å². The van der Waals surface area contributed by atoms with Crippen LogP contribution in [0, 0.1) is 0 Å². The molecule has 0 bridgehead atoms. The molecule has 0 aromatic heterocycles. The molecule has 27 heavy (non-hydrogen) atoms. The van der Waals surface area contributed by atoms with E-state index in [0.717, 1.165) is 12.8 Å². The van der Waals surface area contributed by atoms with E-state index in [2.05, 4.69) is 6.92 Å². The number of carboxylic acid groups (broad SMARTS) is 1. The minimum Gasteiger partial charge on any atom is -0.822 e. The van der Waals surface area contributed by atoms with Gasteiger partial charge < -0.3 is 29.1 Å². The number of unbranched alkanes of at least 4 members (excludes halogenated alkanes) is 14. The largest absolute Gasteiger partial charge is 2.00 e. The van der Waals surface area contributed by atoms with Crippen molar-refractivity contribution in [2.45, 2.75) is 110 Å². The molecule has 6 nitrogen and oxygen atoms in total. The van der Waals surface area contributed by atoms with Crippen molar-refractivity contribution in [2.75, 3.05) is 0 Å². The average molecular weight is 653 g/mol. The molecule has 0 aromatic rings. The number of carboxylic acids is 1. The number of rotatable bonds is 16. The fraction of sp³-hybridized carbons (Fsp3) is 0.944. The Morgan fingerprint density at radius 2 is 0.852 bits per heavy atom. The van der Waals surface area contributed by atoms with E-state index in [4.69, 9.17) is 19.2 Å². The third kappa shape index (κ3) is 52.7. The van der Waals surface area contributed by atoms with Gasteiger partial charge in [0, 0.05) is 5.97 Å². The second kappa shape index (κ2) is 28.7. The number of carbonyl (C=O) groups excluding carboxylic acids is 1. The Balaban J connectivity index is -0.000000333. The molecule has 152 valence electrons. The normalized spacial score (nSPS) is 10.2. The van der Waals surface area contributed by atoms with Crippen LogP contribution in [0.5, 0.6) is 0 Å². The topological polar surface area (TPSA) is 126 Å². The predicted octanol–water partition coefficient (Wildman–Crippen LogP) is 1.41. The maximum absolute atomic E-state index is 10.2. The second-order valence-corrected chi connectivity index (χ2v) is 7.41. The van der Waals surface area contributed by atoms with E-state index in [1.54, 1.807) is 0 Å². The van der Waals surface area contributed by atoms with E-state index < -0.39 is 13.8 Å². The van der Waals surface area contributed by atoms with Crippen LogP contribution in [-0.2, 0) is 9.36 Å². The molecule has 0 spiro atoms. The molecule has 0 unspecified atom stereocenters. The van der Waals surface area contributed by atoms with Crippen LogP contribution in [0.3, 0.4) is 0 Å². The third-order valence-corrected chi connectivity index (χ3v) is 3.98. The summed E-state index contributed by atoms with van der Waals surface area (Å²) in [7, 11) is -5.39. The fourth-order valence-corrected chi connectivity index (χ4v) is 2.64. The van der Waals surface area contributed by atoms with Crippen molar-refractivity contribution >= 4 is 112 Å². The SMILES string of the molecule is CCCCCCCCCCCCCCCCCC(=O)[O-].O=P([O-])([O-])[O-].[Ba+2].[Ba+2]. The Bertz CT molecular complexity index is 332. The monoisotopic (exact) mass is 654 g/mol. The van der Waals surface area contributed by atoms with E-state index in [9.17, 15) is 9.90 Å². The molecule has 0 saturated heterocycles. The van der Waals surface area contributed by atoms with Crippen molar-refractivity contribution in [3.63, 3.8) is 0 Å². The van der Waals surface area contributed by atoms with Gasteiger partial charge in [0.05, 0.1) is 0 Å². The third-order valence-electron chi connectivity index (χ3n) is 3.98. The van der Waals surface area contributed by atoms with Gasteiger partial charge in [-0.25, -0.2) is 0 Å². The number of aliphatic carboxylic acids is 1. The zero-order valence-electron chi connectivity index (χ0n) is 17.1. The Kier molecular flexibility index (Phi) is 39.4. The van der Waals surface area contributed by atoms with Crippen LogP contribution in [0.1, 0.15) is 110 Å². The first-order chi connectivity index (χ1) is 11.8. The molecule has 0 radical (unpaired) electrons. The van der Waals surface area contributed by atoms with E-state index in [1.807, 2.05) is 0 Å². The Hall–Kier alpha value is 2.72. The molecule has 0 fully saturated rings. The van der Waals surface area contributed by atoms with Gasteiger partial charge in [0.25, 0.3) is 0 Å². The second-order valence-electron chi connectivity index (χ2n) is 6.52. The van der Waals surface area contributed by atoms with Gasteiger partial charge in [-0.1, -0.05) is 96.8 Å². The quantitative estimate of drug-likeness (QED) is 0.141. The Morgan fingerprint density at radius 1 is 0.630 bits per heavy atom. The van der Waals surface area contributed by atoms with E-state index in [1.165, 1.54) is 83.5 Å². The van der Waals surface area contributed by atoms with Crippen LogP contribution in [0.2, 0.25) is 0 Å². The molecule has 0 aliphatic carbocycles. The van der Waals surface area contributed by atoms with Crippen LogP contribution >= 0.6 is 7.82 Å². The number of phosphoric acid groups is 1. The molecular weight excluding hydrogens is 618 g/mol. The molecule has 0 aromatic carbocycles. The van der Waals surface area contributed by atoms with Gasteiger partial charge in [0.15, 0.2) is 0 Å². The summed E-state index contributed by atoms with van der Waals surface area (Å²) in [4.78, 5) is 35.9. The summed E-state index contributed by atoms with van der Waals surface area (Å²) in [6.45, 7) is 2.27. The van der Waals surface area contributed by atoms with Crippen molar-refractivity contribution < 1.29 is 29.1 Å². The first kappa shape index (κ1) is 37.1. The predicted molar refractivity (Wildman–Crippen MR) is 104 cm³/mol. The molecule has 0 saturated carbocycles. The van der Waals surface area contributed by atoms with Gasteiger partial charge in [0.1, 0.15) is 0 Å². The Morgan fingerprint density at radius 3 is 1.07 bits per heavy atom. The average Bonchev–Trinajstić information content (AvgIpc) is 2.49. The van der Waals surface area contributed by atoms with E-state index >= 15 is 0 Å². The zero-order chi connectivity index (χ0) is 19.4. The first-order valence-electron chi connectivity index (χ1n) is 9.70. The molecule has 0 N–H and O–H groups in total. The summed E-state index contributed by atoms with van der Waals surface area (Å²) in [6.07, 6.45) is 19.9. The molecule has 0 heterocycles. The summed E-state index contributed by atoms with van der Waals surface area (Å²) in [6, 6.07) is 0. The summed E-state index contributed by atoms with van der Waals surface area (Å²) in [5.41, 5.74) is 0. The molecule has 0 aliphatic rings. The fourth-order valence-electron chi connectivity index (χ4n) is 2.64. The van der Waals surface area contributed by atoms with Gasteiger partial charge in [-0.05, 0) is 12.8 Å². The maximum atomic E-state index is 10.2. The minimum absolute atomic E-state index is 0. The standard InChI is InChI=1S/C18H36O2.2Ba.H3O4P/c1-2-3-4-5-6-7-8-9-10-11-12-13-14-15-16-17-18(19)20;;;1-5(2,3)4/h2-17H2,1H3,(H,19,20);;;(H3,1,2,3,4)/q;2*+2;/p-4. The van der Waals surface area contributed by atoms with Crippen molar-refractivity contribution in [1.82, 2.24) is 0 Å². The van der Waals surface area contributed by atoms with Crippen molar-refractivity contribution in [3.8, 4) is 0 Å². The van der Waals surface area contributed by atoms with Gasteiger partial charge in [-0.2, -0.15) is 7.82 Å². The van der Waals surface area contributed by atoms with Crippen LogP contribution in [0.4, 0.5) is 0 Å². The number of hydrogen-bond acceptors (Lipinski definition) is 6. The first-order valence-corrected chi connectivity index (χ1v) is 11.2. The maximum Gasteiger partial charge on any atom is 2.00 e. The van der Waals surface area contributed by atoms with Crippen LogP contribution in [0.25, 0.3) is 0 Å². The van der Waals surface area contributed by atoms with Gasteiger partial charge in [-0.15, -0.1) is 0 Å². The van der Waals surface area contributed by atoms with Gasteiger partial charge in [-0.3, -0.25) is 0 Å². The zero-order valence-corrected chi connectivity index (χ0v) is 26.9. The summed E-state index contributed by atoms with van der Waals surface area (Å²) in [5.74, 6) is -0.903. The van der Waals surface area contributed by atoms with Gasteiger partial charge >= 0.3 is 97.8 Å². The summed E-state index contributed by atoms with van der Waals surface area (Å²) < 4.78 is 8.55. The Labute approximate surface area is 246 Å². The smallest absolute Gasteiger partial charge is 0.822 e. The minimum atomic E-state index is -5.39. The van der Waals surface area contributed by atoms with Crippen molar-refractivity contribution in [1.29, 1.82) is 0 Å². The molecule has 0 atom stereocenters. The van der Waals surface area contributed by atoms with Crippen molar-refractivity contribution in [3.05, 3.63) is 0 Å². The van der Waals surface area contributed by atoms with Gasteiger partial charge in [0.2, 0.25) is 0 Å². The summed E-state index contributed by atoms with van der Waals surface area (Å²) >= 11 is 0. The molecular formula is C18H35Ba2O6P. The molecule has 0 amide bonds. The number of carbonyl (C=O) groups is 1. The summed E-state index contributed by atoms with van der Waals surface area (Å²) in [5, 5.41) is 10.2. The van der Waals surface area contributed by atoms with Crippen molar-refractivity contribution in [2.24, 2.45) is 0 Å². The van der Waals surface area contributed by atoms with Crippen LogP contribution in [0.15, 0.2) is 0 Å². The molecule has 0 rings (SSSR count). The van der Waals surface area contributed by atoms with Crippen LogP contribution in [-0.4, -0.2) is 104 Å². The van der Waals surface area contributed by atoms with E-state index in [0.29, 0.717) is 0 Å². The van der Waals surface area contributed by atoms with E-state index in [-0.39, 0.29) is 104 Å². The molecule has 9 heteroatoms. The molecule has 0 aliphatic heterocycles.